The Bertz CT molecular complexity index is 994. The van der Waals surface area contributed by atoms with Gasteiger partial charge in [0.05, 0.1) is 18.2 Å². The van der Waals surface area contributed by atoms with Gasteiger partial charge in [-0.3, -0.25) is 14.3 Å². The minimum atomic E-state index is -0.912. The molecule has 3 atom stereocenters. The standard InChI is InChI=1S/C20H26N3O6/c1-19(2)8-12(9-20(3,4)23(19)28)5-6-13-10-22(18(27)21-17(13)26)16-7-14(25)15(11-24)29-16/h8,10,14-16,24-25H,7,9,11H2,1-4H3,(H,21,26,27). The zero-order valence-electron chi connectivity index (χ0n) is 16.9. The highest BCUT2D eigenvalue weighted by Gasteiger charge is 2.41. The zero-order chi connectivity index (χ0) is 21.6. The number of aliphatic hydroxyl groups excluding tert-OH is 2. The van der Waals surface area contributed by atoms with Crippen LogP contribution >= 0.6 is 0 Å². The minimum absolute atomic E-state index is 0.0659. The second kappa shape index (κ2) is 7.55. The fourth-order valence-corrected chi connectivity index (χ4v) is 3.92. The number of hydroxylamine groups is 2. The number of hydrogen-bond donors (Lipinski definition) is 3. The molecule has 0 aliphatic carbocycles. The molecule has 3 N–H and O–H groups in total. The molecule has 3 heterocycles. The first kappa shape index (κ1) is 21.5. The summed E-state index contributed by atoms with van der Waals surface area (Å²) in [5.74, 6) is 5.75. The zero-order valence-corrected chi connectivity index (χ0v) is 16.9. The van der Waals surface area contributed by atoms with E-state index in [0.717, 1.165) is 15.2 Å². The highest BCUT2D eigenvalue weighted by atomic mass is 16.5. The summed E-state index contributed by atoms with van der Waals surface area (Å²) in [4.78, 5) is 26.6. The van der Waals surface area contributed by atoms with E-state index in [2.05, 4.69) is 16.8 Å². The van der Waals surface area contributed by atoms with E-state index in [1.807, 2.05) is 13.8 Å². The smallest absolute Gasteiger partial charge is 0.330 e. The van der Waals surface area contributed by atoms with Crippen LogP contribution in [0.1, 0.15) is 52.3 Å². The third kappa shape index (κ3) is 4.22. The number of aliphatic hydroxyl groups is 2. The van der Waals surface area contributed by atoms with Crippen LogP contribution in [-0.2, 0) is 9.94 Å². The van der Waals surface area contributed by atoms with E-state index in [-0.39, 0.29) is 18.6 Å². The largest absolute Gasteiger partial charge is 0.394 e. The van der Waals surface area contributed by atoms with E-state index in [0.29, 0.717) is 6.42 Å². The molecular weight excluding hydrogens is 378 g/mol. The molecule has 157 valence electrons. The van der Waals surface area contributed by atoms with Crippen LogP contribution in [0.5, 0.6) is 0 Å². The van der Waals surface area contributed by atoms with E-state index < -0.39 is 40.8 Å². The number of H-pyrrole nitrogens is 1. The van der Waals surface area contributed by atoms with Crippen molar-refractivity contribution in [3.05, 3.63) is 44.2 Å². The number of hydrogen-bond acceptors (Lipinski definition) is 6. The monoisotopic (exact) mass is 404 g/mol. The molecule has 3 rings (SSSR count). The predicted octanol–water partition coefficient (Wildman–Crippen LogP) is 0.0636. The first-order valence-electron chi connectivity index (χ1n) is 9.46. The molecule has 1 fully saturated rings. The van der Waals surface area contributed by atoms with Crippen molar-refractivity contribution in [1.29, 1.82) is 0 Å². The Balaban J connectivity index is 1.94. The minimum Gasteiger partial charge on any atom is -0.394 e. The van der Waals surface area contributed by atoms with Crippen molar-refractivity contribution in [2.75, 3.05) is 6.61 Å². The van der Waals surface area contributed by atoms with Crippen LogP contribution in [0.25, 0.3) is 0 Å². The number of nitrogens with zero attached hydrogens (tertiary/aromatic N) is 2. The third-order valence-corrected chi connectivity index (χ3v) is 5.24. The van der Waals surface area contributed by atoms with Crippen molar-refractivity contribution in [3.8, 4) is 11.8 Å². The normalized spacial score (nSPS) is 28.5. The van der Waals surface area contributed by atoms with Gasteiger partial charge >= 0.3 is 5.69 Å². The van der Waals surface area contributed by atoms with Gasteiger partial charge in [-0.2, -0.15) is 0 Å². The molecule has 1 aromatic rings. The molecule has 0 bridgehead atoms. The molecule has 0 saturated carbocycles. The number of aromatic nitrogens is 2. The second-order valence-corrected chi connectivity index (χ2v) is 8.68. The molecule has 1 radical (unpaired) electrons. The maximum absolute atomic E-state index is 12.4. The summed E-state index contributed by atoms with van der Waals surface area (Å²) < 4.78 is 6.65. The molecule has 3 unspecified atom stereocenters. The Morgan fingerprint density at radius 3 is 2.55 bits per heavy atom. The van der Waals surface area contributed by atoms with Crippen molar-refractivity contribution >= 4 is 0 Å². The molecule has 9 heteroatoms. The van der Waals surface area contributed by atoms with E-state index in [4.69, 9.17) is 4.74 Å². The summed E-state index contributed by atoms with van der Waals surface area (Å²) in [5.41, 5.74) is -1.88. The number of nitrogens with one attached hydrogen (secondary N) is 1. The lowest BCUT2D eigenvalue weighted by Crippen LogP contribution is -2.54. The third-order valence-electron chi connectivity index (χ3n) is 5.24. The van der Waals surface area contributed by atoms with E-state index in [1.165, 1.54) is 6.20 Å². The fraction of sp³-hybridized carbons (Fsp3) is 0.600. The highest BCUT2D eigenvalue weighted by molar-refractivity contribution is 5.41. The summed E-state index contributed by atoms with van der Waals surface area (Å²) in [5, 5.41) is 32.6. The van der Waals surface area contributed by atoms with Crippen LogP contribution in [0.2, 0.25) is 0 Å². The number of ether oxygens (including phenoxy) is 1. The Hall–Kier alpha value is -2.22. The Morgan fingerprint density at radius 1 is 1.28 bits per heavy atom. The van der Waals surface area contributed by atoms with Crippen molar-refractivity contribution in [2.45, 2.75) is 70.1 Å². The SMILES string of the molecule is CC1(C)C=C(C#Cc2cn(C3CC(O)C(CO)O3)c(=O)[nH]c2=O)CC(C)(C)N1[O]. The van der Waals surface area contributed by atoms with Gasteiger partial charge in [0.25, 0.3) is 5.56 Å². The summed E-state index contributed by atoms with van der Waals surface area (Å²) in [6.45, 7) is 6.90. The molecule has 2 aliphatic heterocycles. The van der Waals surface area contributed by atoms with E-state index in [1.54, 1.807) is 19.9 Å². The number of rotatable bonds is 2. The average molecular weight is 404 g/mol. The first-order valence-corrected chi connectivity index (χ1v) is 9.46. The van der Waals surface area contributed by atoms with Gasteiger partial charge in [0, 0.05) is 30.2 Å². The van der Waals surface area contributed by atoms with Crippen LogP contribution in [0.3, 0.4) is 0 Å². The summed E-state index contributed by atoms with van der Waals surface area (Å²) in [6, 6.07) is 0. The Kier molecular flexibility index (Phi) is 5.60. The average Bonchev–Trinajstić information content (AvgIpc) is 2.99. The van der Waals surface area contributed by atoms with Crippen LogP contribution < -0.4 is 11.2 Å². The molecule has 1 aromatic heterocycles. The maximum atomic E-state index is 12.4. The van der Waals surface area contributed by atoms with E-state index in [9.17, 15) is 25.0 Å². The van der Waals surface area contributed by atoms with Gasteiger partial charge in [-0.05, 0) is 27.7 Å². The van der Waals surface area contributed by atoms with Gasteiger partial charge in [-0.1, -0.05) is 17.9 Å². The van der Waals surface area contributed by atoms with Crippen LogP contribution in [0.4, 0.5) is 0 Å². The Morgan fingerprint density at radius 2 is 1.97 bits per heavy atom. The van der Waals surface area contributed by atoms with Crippen LogP contribution in [0, 0.1) is 11.8 Å². The lowest BCUT2D eigenvalue weighted by molar-refractivity contribution is -0.262. The molecule has 9 nitrogen and oxygen atoms in total. The van der Waals surface area contributed by atoms with Crippen LogP contribution in [-0.4, -0.2) is 54.7 Å². The van der Waals surface area contributed by atoms with Crippen molar-refractivity contribution in [1.82, 2.24) is 14.6 Å². The highest BCUT2D eigenvalue weighted by Crippen LogP contribution is 2.35. The fourth-order valence-electron chi connectivity index (χ4n) is 3.92. The van der Waals surface area contributed by atoms with Crippen molar-refractivity contribution in [3.63, 3.8) is 0 Å². The number of aromatic amines is 1. The summed E-state index contributed by atoms with van der Waals surface area (Å²) in [6.07, 6.45) is 1.10. The molecule has 0 spiro atoms. The summed E-state index contributed by atoms with van der Waals surface area (Å²) in [7, 11) is 0. The molecule has 0 aromatic carbocycles. The maximum Gasteiger partial charge on any atom is 0.330 e. The quantitative estimate of drug-likeness (QED) is 0.598. The molecular formula is C20H26N3O6. The summed E-state index contributed by atoms with van der Waals surface area (Å²) >= 11 is 0. The molecule has 0 amide bonds. The molecule has 29 heavy (non-hydrogen) atoms. The van der Waals surface area contributed by atoms with Crippen molar-refractivity contribution in [2.24, 2.45) is 0 Å². The van der Waals surface area contributed by atoms with Gasteiger partial charge in [0.15, 0.2) is 0 Å². The van der Waals surface area contributed by atoms with Gasteiger partial charge < -0.3 is 14.9 Å². The second-order valence-electron chi connectivity index (χ2n) is 8.68. The molecule has 1 saturated heterocycles. The lowest BCUT2D eigenvalue weighted by atomic mass is 9.83. The van der Waals surface area contributed by atoms with Crippen LogP contribution in [0.15, 0.2) is 27.4 Å². The van der Waals surface area contributed by atoms with E-state index >= 15 is 0 Å². The lowest BCUT2D eigenvalue weighted by Gasteiger charge is -2.44. The Labute approximate surface area is 168 Å². The van der Waals surface area contributed by atoms with Gasteiger partial charge in [0.2, 0.25) is 0 Å². The predicted molar refractivity (Wildman–Crippen MR) is 103 cm³/mol. The van der Waals surface area contributed by atoms with Gasteiger partial charge in [-0.25, -0.2) is 4.79 Å². The first-order chi connectivity index (χ1) is 13.4. The van der Waals surface area contributed by atoms with Crippen molar-refractivity contribution < 1.29 is 20.2 Å². The van der Waals surface area contributed by atoms with Gasteiger partial charge in [-0.15, -0.1) is 10.3 Å². The van der Waals surface area contributed by atoms with Gasteiger partial charge in [0.1, 0.15) is 17.9 Å². The molecule has 2 aliphatic rings. The topological polar surface area (TPSA) is 128 Å².